The molecule has 2 atom stereocenters. The molecule has 0 aliphatic carbocycles. The van der Waals surface area contributed by atoms with E-state index in [1.165, 1.54) is 6.20 Å². The number of aromatic amines is 1. The fourth-order valence-electron chi connectivity index (χ4n) is 1.50. The Morgan fingerprint density at radius 2 is 2.11 bits per heavy atom. The molecule has 0 aliphatic heterocycles. The van der Waals surface area contributed by atoms with Gasteiger partial charge in [-0.25, -0.2) is 4.57 Å². The third-order valence-electron chi connectivity index (χ3n) is 2.41. The molecule has 8 heteroatoms. The standard InChI is InChI=1S/C11H14NO6P/c13-6-8(14)7-17-19(15,16)18-11-5-12-10-4-2-1-3-9(10)11/h1-5,8,12-14H,6-7H2,(H,15,16). The summed E-state index contributed by atoms with van der Waals surface area (Å²) in [6, 6.07) is 7.10. The highest BCUT2D eigenvalue weighted by Crippen LogP contribution is 2.45. The Morgan fingerprint density at radius 1 is 1.37 bits per heavy atom. The van der Waals surface area contributed by atoms with E-state index in [-0.39, 0.29) is 5.75 Å². The van der Waals surface area contributed by atoms with Gasteiger partial charge < -0.3 is 19.7 Å². The first kappa shape index (κ1) is 14.0. The molecular weight excluding hydrogens is 273 g/mol. The first-order valence-corrected chi connectivity index (χ1v) is 7.03. The number of nitrogens with one attached hydrogen (secondary N) is 1. The molecule has 0 bridgehead atoms. The molecule has 0 aliphatic rings. The van der Waals surface area contributed by atoms with Crippen LogP contribution in [0, 0.1) is 0 Å². The fourth-order valence-corrected chi connectivity index (χ4v) is 2.32. The largest absolute Gasteiger partial charge is 0.527 e. The van der Waals surface area contributed by atoms with Gasteiger partial charge in [0, 0.05) is 17.1 Å². The maximum Gasteiger partial charge on any atom is 0.527 e. The van der Waals surface area contributed by atoms with Gasteiger partial charge in [-0.1, -0.05) is 12.1 Å². The van der Waals surface area contributed by atoms with Gasteiger partial charge in [0.05, 0.1) is 13.2 Å². The second-order valence-corrected chi connectivity index (χ2v) is 5.27. The number of phosphoric ester groups is 1. The fraction of sp³-hybridized carbons (Fsp3) is 0.273. The minimum atomic E-state index is -4.34. The van der Waals surface area contributed by atoms with E-state index in [9.17, 15) is 9.46 Å². The summed E-state index contributed by atoms with van der Waals surface area (Å²) in [5.41, 5.74) is 0.757. The lowest BCUT2D eigenvalue weighted by Gasteiger charge is -2.14. The Labute approximate surface area is 109 Å². The van der Waals surface area contributed by atoms with Crippen LogP contribution in [-0.4, -0.2) is 39.4 Å². The number of aromatic nitrogens is 1. The van der Waals surface area contributed by atoms with Crippen LogP contribution in [-0.2, 0) is 9.09 Å². The lowest BCUT2D eigenvalue weighted by Crippen LogP contribution is -2.19. The topological polar surface area (TPSA) is 112 Å². The van der Waals surface area contributed by atoms with Crippen LogP contribution in [0.5, 0.6) is 5.75 Å². The van der Waals surface area contributed by atoms with Gasteiger partial charge in [0.2, 0.25) is 0 Å². The van der Waals surface area contributed by atoms with E-state index in [0.29, 0.717) is 5.39 Å². The number of aliphatic hydroxyl groups excluding tert-OH is 2. The van der Waals surface area contributed by atoms with Crippen molar-refractivity contribution in [3.63, 3.8) is 0 Å². The molecule has 0 amide bonds. The Morgan fingerprint density at radius 3 is 2.84 bits per heavy atom. The number of hydrogen-bond donors (Lipinski definition) is 4. The van der Waals surface area contributed by atoms with Crippen molar-refractivity contribution in [2.24, 2.45) is 0 Å². The summed E-state index contributed by atoms with van der Waals surface area (Å²) in [5.74, 6) is 0.180. The number of fused-ring (bicyclic) bond motifs is 1. The van der Waals surface area contributed by atoms with Crippen LogP contribution < -0.4 is 4.52 Å². The molecule has 2 unspecified atom stereocenters. The van der Waals surface area contributed by atoms with Crippen molar-refractivity contribution in [3.8, 4) is 5.75 Å². The summed E-state index contributed by atoms with van der Waals surface area (Å²) in [6.45, 7) is -1.06. The highest BCUT2D eigenvalue weighted by molar-refractivity contribution is 7.47. The number of phosphoric acid groups is 1. The van der Waals surface area contributed by atoms with Gasteiger partial charge in [0.25, 0.3) is 0 Å². The van der Waals surface area contributed by atoms with Gasteiger partial charge >= 0.3 is 7.82 Å². The third kappa shape index (κ3) is 3.56. The SMILES string of the molecule is O=P(O)(OCC(O)CO)Oc1c[nH]c2ccccc12. The minimum Gasteiger partial charge on any atom is -0.402 e. The quantitative estimate of drug-likeness (QED) is 0.590. The summed E-state index contributed by atoms with van der Waals surface area (Å²) < 4.78 is 21.1. The molecule has 7 nitrogen and oxygen atoms in total. The van der Waals surface area contributed by atoms with Crippen LogP contribution in [0.1, 0.15) is 0 Å². The van der Waals surface area contributed by atoms with Crippen LogP contribution >= 0.6 is 7.82 Å². The monoisotopic (exact) mass is 287 g/mol. The van der Waals surface area contributed by atoms with Crippen LogP contribution in [0.15, 0.2) is 30.5 Å². The first-order chi connectivity index (χ1) is 9.02. The van der Waals surface area contributed by atoms with Gasteiger partial charge in [0.15, 0.2) is 5.75 Å². The summed E-state index contributed by atoms with van der Waals surface area (Å²) in [5, 5.41) is 18.3. The highest BCUT2D eigenvalue weighted by atomic mass is 31.2. The van der Waals surface area contributed by atoms with Gasteiger partial charge in [-0.15, -0.1) is 0 Å². The van der Waals surface area contributed by atoms with Crippen LogP contribution in [0.25, 0.3) is 10.9 Å². The normalized spacial score (nSPS) is 16.2. The average molecular weight is 287 g/mol. The molecule has 4 N–H and O–H groups in total. The van der Waals surface area contributed by atoms with Crippen molar-refractivity contribution >= 4 is 18.7 Å². The molecular formula is C11H14NO6P. The van der Waals surface area contributed by atoms with Gasteiger partial charge in [-0.3, -0.25) is 9.42 Å². The summed E-state index contributed by atoms with van der Waals surface area (Å²) in [6.07, 6.45) is 0.214. The van der Waals surface area contributed by atoms with Crippen LogP contribution in [0.2, 0.25) is 0 Å². The number of benzene rings is 1. The van der Waals surface area contributed by atoms with E-state index in [1.54, 1.807) is 18.2 Å². The minimum absolute atomic E-state index is 0.180. The van der Waals surface area contributed by atoms with E-state index in [4.69, 9.17) is 14.7 Å². The smallest absolute Gasteiger partial charge is 0.402 e. The Hall–Kier alpha value is -1.37. The Kier molecular flexibility index (Phi) is 4.24. The molecule has 2 rings (SSSR count). The first-order valence-electron chi connectivity index (χ1n) is 5.54. The molecule has 0 radical (unpaired) electrons. The lowest BCUT2D eigenvalue weighted by atomic mass is 10.2. The van der Waals surface area contributed by atoms with Crippen molar-refractivity contribution in [2.45, 2.75) is 6.10 Å². The molecule has 19 heavy (non-hydrogen) atoms. The summed E-state index contributed by atoms with van der Waals surface area (Å²) in [7, 11) is -4.34. The molecule has 0 fully saturated rings. The van der Waals surface area contributed by atoms with E-state index < -0.39 is 27.1 Å². The maximum absolute atomic E-state index is 11.6. The lowest BCUT2D eigenvalue weighted by molar-refractivity contribution is 0.0431. The molecule has 0 saturated heterocycles. The van der Waals surface area contributed by atoms with Gasteiger partial charge in [0.1, 0.15) is 6.10 Å². The number of hydrogen-bond acceptors (Lipinski definition) is 5. The zero-order valence-corrected chi connectivity index (χ0v) is 10.8. The second-order valence-electron chi connectivity index (χ2n) is 3.89. The van der Waals surface area contributed by atoms with Gasteiger partial charge in [-0.05, 0) is 12.1 Å². The molecule has 0 spiro atoms. The van der Waals surface area contributed by atoms with Crippen molar-refractivity contribution in [3.05, 3.63) is 30.5 Å². The molecule has 0 saturated carbocycles. The zero-order chi connectivity index (χ0) is 13.9. The molecule has 1 aromatic carbocycles. The number of rotatable bonds is 6. The van der Waals surface area contributed by atoms with Crippen molar-refractivity contribution in [2.75, 3.05) is 13.2 Å². The van der Waals surface area contributed by atoms with Crippen molar-refractivity contribution in [1.29, 1.82) is 0 Å². The Balaban J connectivity index is 2.09. The number of para-hydroxylation sites is 1. The zero-order valence-electron chi connectivity index (χ0n) is 9.89. The molecule has 2 aromatic rings. The van der Waals surface area contributed by atoms with Crippen LogP contribution in [0.3, 0.4) is 0 Å². The summed E-state index contributed by atoms with van der Waals surface area (Å²) in [4.78, 5) is 12.4. The average Bonchev–Trinajstić information content (AvgIpc) is 2.79. The Bertz CT molecular complexity index is 598. The van der Waals surface area contributed by atoms with Gasteiger partial charge in [-0.2, -0.15) is 0 Å². The summed E-state index contributed by atoms with van der Waals surface area (Å²) >= 11 is 0. The van der Waals surface area contributed by atoms with E-state index in [2.05, 4.69) is 9.51 Å². The van der Waals surface area contributed by atoms with Crippen LogP contribution in [0.4, 0.5) is 0 Å². The number of H-pyrrole nitrogens is 1. The van der Waals surface area contributed by atoms with Crippen molar-refractivity contribution < 1.29 is 28.7 Å². The third-order valence-corrected chi connectivity index (χ3v) is 3.31. The van der Waals surface area contributed by atoms with E-state index in [0.717, 1.165) is 5.52 Å². The van der Waals surface area contributed by atoms with E-state index in [1.807, 2.05) is 6.07 Å². The predicted octanol–water partition coefficient (Wildman–Crippen LogP) is 1.02. The molecule has 1 heterocycles. The highest BCUT2D eigenvalue weighted by Gasteiger charge is 2.25. The number of aliphatic hydroxyl groups is 2. The second kappa shape index (κ2) is 5.73. The maximum atomic E-state index is 11.6. The predicted molar refractivity (Wildman–Crippen MR) is 67.8 cm³/mol. The molecule has 104 valence electrons. The molecule has 1 aromatic heterocycles. The van der Waals surface area contributed by atoms with Crippen molar-refractivity contribution in [1.82, 2.24) is 4.98 Å². The van der Waals surface area contributed by atoms with E-state index >= 15 is 0 Å².